The van der Waals surface area contributed by atoms with Gasteiger partial charge in [0.2, 0.25) is 0 Å². The second-order valence-electron chi connectivity index (χ2n) is 6.12. The van der Waals surface area contributed by atoms with E-state index in [1.807, 2.05) is 6.07 Å². The average Bonchev–Trinajstić information content (AvgIpc) is 3.22. The Morgan fingerprint density at radius 3 is 2.85 bits per heavy atom. The predicted molar refractivity (Wildman–Crippen MR) is 84.0 cm³/mol. The molecule has 1 aliphatic carbocycles. The Morgan fingerprint density at radius 2 is 2.15 bits per heavy atom. The van der Waals surface area contributed by atoms with E-state index < -0.39 is 0 Å². The van der Waals surface area contributed by atoms with Crippen LogP contribution in [0.5, 0.6) is 0 Å². The molecule has 4 heteroatoms. The molecule has 1 unspecified atom stereocenters. The number of halogens is 1. The van der Waals surface area contributed by atoms with E-state index in [9.17, 15) is 4.79 Å². The molecule has 2 heterocycles. The van der Waals surface area contributed by atoms with Gasteiger partial charge in [-0.3, -0.25) is 4.79 Å². The normalized spacial score (nSPS) is 23.1. The zero-order chi connectivity index (χ0) is 14.1. The van der Waals surface area contributed by atoms with Gasteiger partial charge in [-0.25, -0.2) is 0 Å². The van der Waals surface area contributed by atoms with E-state index in [4.69, 9.17) is 0 Å². The van der Waals surface area contributed by atoms with Crippen molar-refractivity contribution in [2.75, 3.05) is 6.54 Å². The predicted octanol–water partition coefficient (Wildman–Crippen LogP) is 4.38. The number of nitrogens with zero attached hydrogens (tertiary/aromatic N) is 2. The summed E-state index contributed by atoms with van der Waals surface area (Å²) in [6.45, 7) is 3.14. The minimum atomic E-state index is 0.237. The van der Waals surface area contributed by atoms with Gasteiger partial charge in [0.1, 0.15) is 5.69 Å². The van der Waals surface area contributed by atoms with E-state index >= 15 is 0 Å². The van der Waals surface area contributed by atoms with Crippen molar-refractivity contribution in [1.82, 2.24) is 9.47 Å². The van der Waals surface area contributed by atoms with Gasteiger partial charge in [-0.15, -0.1) is 0 Å². The molecule has 1 aromatic heterocycles. The third-order valence-electron chi connectivity index (χ3n) is 4.48. The zero-order valence-electron chi connectivity index (χ0n) is 12.1. The van der Waals surface area contributed by atoms with Crippen LogP contribution in [-0.2, 0) is 0 Å². The van der Waals surface area contributed by atoms with Crippen LogP contribution in [0.15, 0.2) is 16.7 Å². The van der Waals surface area contributed by atoms with Gasteiger partial charge in [0, 0.05) is 29.3 Å². The maximum atomic E-state index is 12.9. The van der Waals surface area contributed by atoms with Gasteiger partial charge >= 0.3 is 0 Å². The molecule has 20 heavy (non-hydrogen) atoms. The fraction of sp³-hybridized carbons (Fsp3) is 0.688. The molecule has 2 aliphatic rings. The van der Waals surface area contributed by atoms with Crippen LogP contribution in [0.4, 0.5) is 0 Å². The van der Waals surface area contributed by atoms with Gasteiger partial charge in [0.15, 0.2) is 0 Å². The number of likely N-dealkylation sites (tertiary alicyclic amines) is 1. The fourth-order valence-electron chi connectivity index (χ4n) is 3.32. The van der Waals surface area contributed by atoms with Crippen LogP contribution in [0.2, 0.25) is 0 Å². The maximum Gasteiger partial charge on any atom is 0.270 e. The smallest absolute Gasteiger partial charge is 0.270 e. The lowest BCUT2D eigenvalue weighted by Gasteiger charge is -2.36. The van der Waals surface area contributed by atoms with E-state index in [-0.39, 0.29) is 5.91 Å². The molecule has 1 atom stereocenters. The molecular formula is C16H23BrN2O. The summed E-state index contributed by atoms with van der Waals surface area (Å²) in [5.41, 5.74) is 0.877. The maximum absolute atomic E-state index is 12.9. The first-order valence-electron chi connectivity index (χ1n) is 7.89. The lowest BCUT2D eigenvalue weighted by molar-refractivity contribution is 0.0589. The number of hydrogen-bond acceptors (Lipinski definition) is 1. The number of aromatic nitrogens is 1. The highest BCUT2D eigenvalue weighted by atomic mass is 79.9. The first-order chi connectivity index (χ1) is 9.70. The van der Waals surface area contributed by atoms with Gasteiger partial charge in [0.25, 0.3) is 5.91 Å². The molecule has 0 radical (unpaired) electrons. The quantitative estimate of drug-likeness (QED) is 0.799. The van der Waals surface area contributed by atoms with Crippen LogP contribution < -0.4 is 0 Å². The monoisotopic (exact) mass is 338 g/mol. The molecule has 3 nitrogen and oxygen atoms in total. The average molecular weight is 339 g/mol. The van der Waals surface area contributed by atoms with Crippen LogP contribution >= 0.6 is 15.9 Å². The lowest BCUT2D eigenvalue weighted by Crippen LogP contribution is -2.44. The summed E-state index contributed by atoms with van der Waals surface area (Å²) >= 11 is 3.53. The molecular weight excluding hydrogens is 316 g/mol. The second kappa shape index (κ2) is 5.92. The molecule has 0 N–H and O–H groups in total. The van der Waals surface area contributed by atoms with E-state index in [2.05, 4.69) is 38.5 Å². The topological polar surface area (TPSA) is 25.2 Å². The Morgan fingerprint density at radius 1 is 1.35 bits per heavy atom. The van der Waals surface area contributed by atoms with Gasteiger partial charge in [-0.05, 0) is 60.5 Å². The number of rotatable bonds is 4. The molecule has 1 aliphatic heterocycles. The van der Waals surface area contributed by atoms with Crippen molar-refractivity contribution in [1.29, 1.82) is 0 Å². The molecule has 0 spiro atoms. The van der Waals surface area contributed by atoms with E-state index in [1.54, 1.807) is 0 Å². The molecule has 1 saturated carbocycles. The first-order valence-corrected chi connectivity index (χ1v) is 8.68. The van der Waals surface area contributed by atoms with Crippen LogP contribution in [0.1, 0.15) is 68.4 Å². The number of hydrogen-bond donors (Lipinski definition) is 0. The third-order valence-corrected chi connectivity index (χ3v) is 4.92. The molecule has 3 rings (SSSR count). The van der Waals surface area contributed by atoms with Crippen molar-refractivity contribution in [2.45, 2.75) is 64.0 Å². The molecule has 0 aromatic carbocycles. The number of carbonyl (C=O) groups is 1. The number of amides is 1. The van der Waals surface area contributed by atoms with Gasteiger partial charge in [0.05, 0.1) is 0 Å². The summed E-state index contributed by atoms with van der Waals surface area (Å²) in [5, 5.41) is 0. The van der Waals surface area contributed by atoms with Crippen molar-refractivity contribution in [3.63, 3.8) is 0 Å². The summed E-state index contributed by atoms with van der Waals surface area (Å²) in [5.74, 6) is 0.237. The largest absolute Gasteiger partial charge is 0.339 e. The fourth-order valence-corrected chi connectivity index (χ4v) is 3.76. The highest BCUT2D eigenvalue weighted by Crippen LogP contribution is 2.38. The Balaban J connectivity index is 1.83. The molecule has 2 fully saturated rings. The van der Waals surface area contributed by atoms with Gasteiger partial charge in [-0.1, -0.05) is 13.3 Å². The van der Waals surface area contributed by atoms with E-state index in [0.29, 0.717) is 12.1 Å². The zero-order valence-corrected chi connectivity index (χ0v) is 13.7. The number of carbonyl (C=O) groups excluding carboxylic acids is 1. The SMILES string of the molecule is CCCC1CCCCN1C(=O)c1cc(Br)cn1C1CC1. The Labute approximate surface area is 129 Å². The van der Waals surface area contributed by atoms with Crippen molar-refractivity contribution in [2.24, 2.45) is 0 Å². The summed E-state index contributed by atoms with van der Waals surface area (Å²) in [7, 11) is 0. The number of piperidine rings is 1. The highest BCUT2D eigenvalue weighted by Gasteiger charge is 2.32. The summed E-state index contributed by atoms with van der Waals surface area (Å²) in [4.78, 5) is 15.1. The minimum Gasteiger partial charge on any atom is -0.339 e. The van der Waals surface area contributed by atoms with Crippen LogP contribution in [0, 0.1) is 0 Å². The molecule has 1 amide bonds. The lowest BCUT2D eigenvalue weighted by atomic mass is 9.98. The van der Waals surface area contributed by atoms with Gasteiger partial charge in [-0.2, -0.15) is 0 Å². The summed E-state index contributed by atoms with van der Waals surface area (Å²) in [6.07, 6.45) is 10.4. The summed E-state index contributed by atoms with van der Waals surface area (Å²) < 4.78 is 3.21. The Hall–Kier alpha value is -0.770. The molecule has 1 saturated heterocycles. The van der Waals surface area contributed by atoms with Crippen molar-refractivity contribution in [3.05, 3.63) is 22.4 Å². The minimum absolute atomic E-state index is 0.237. The second-order valence-corrected chi connectivity index (χ2v) is 7.03. The van der Waals surface area contributed by atoms with Gasteiger partial charge < -0.3 is 9.47 Å². The molecule has 0 bridgehead atoms. The first kappa shape index (κ1) is 14.2. The van der Waals surface area contributed by atoms with Crippen molar-refractivity contribution in [3.8, 4) is 0 Å². The Kier molecular flexibility index (Phi) is 4.20. The molecule has 110 valence electrons. The van der Waals surface area contributed by atoms with Crippen LogP contribution in [-0.4, -0.2) is 28.0 Å². The highest BCUT2D eigenvalue weighted by molar-refractivity contribution is 9.10. The summed E-state index contributed by atoms with van der Waals surface area (Å²) in [6, 6.07) is 3.00. The standard InChI is InChI=1S/C16H23BrN2O/c1-2-5-13-6-3-4-9-18(13)16(20)15-10-12(17)11-19(15)14-7-8-14/h10-11,13-14H,2-9H2,1H3. The Bertz CT molecular complexity index is 491. The van der Waals surface area contributed by atoms with Crippen LogP contribution in [0.3, 0.4) is 0 Å². The molecule has 1 aromatic rings. The third kappa shape index (κ3) is 2.80. The van der Waals surface area contributed by atoms with E-state index in [0.717, 1.165) is 36.0 Å². The van der Waals surface area contributed by atoms with E-state index in [1.165, 1.54) is 25.7 Å². The van der Waals surface area contributed by atoms with Crippen LogP contribution in [0.25, 0.3) is 0 Å². The van der Waals surface area contributed by atoms with Crippen molar-refractivity contribution >= 4 is 21.8 Å². The van der Waals surface area contributed by atoms with Crippen molar-refractivity contribution < 1.29 is 4.79 Å².